The van der Waals surface area contributed by atoms with Gasteiger partial charge in [-0.05, 0) is 36.8 Å². The van der Waals surface area contributed by atoms with Crippen LogP contribution in [0.2, 0.25) is 0 Å². The molecule has 0 saturated carbocycles. The van der Waals surface area contributed by atoms with E-state index in [1.165, 1.54) is 12.1 Å². The maximum Gasteiger partial charge on any atom is 0.291 e. The SMILES string of the molecule is CCCc1nc(-c2ccc(F)cc2)oc1C(=O)N(C)CCN1CCN(c2ncccn2)CC1. The number of anilines is 1. The lowest BCUT2D eigenvalue weighted by Crippen LogP contribution is -2.49. The molecule has 8 nitrogen and oxygen atoms in total. The van der Waals surface area contributed by atoms with Crippen LogP contribution in [0.25, 0.3) is 11.5 Å². The highest BCUT2D eigenvalue weighted by molar-refractivity contribution is 5.92. The predicted octanol–water partition coefficient (Wildman–Crippen LogP) is 3.12. The summed E-state index contributed by atoms with van der Waals surface area (Å²) in [7, 11) is 1.78. The monoisotopic (exact) mass is 452 g/mol. The smallest absolute Gasteiger partial charge is 0.291 e. The van der Waals surface area contributed by atoms with E-state index in [2.05, 4.69) is 24.8 Å². The summed E-state index contributed by atoms with van der Waals surface area (Å²) in [5.41, 5.74) is 1.29. The van der Waals surface area contributed by atoms with E-state index in [4.69, 9.17) is 4.42 Å². The third kappa shape index (κ3) is 5.54. The molecule has 1 fully saturated rings. The van der Waals surface area contributed by atoms with E-state index < -0.39 is 0 Å². The zero-order chi connectivity index (χ0) is 23.2. The van der Waals surface area contributed by atoms with Crippen LogP contribution in [0.1, 0.15) is 29.6 Å². The third-order valence-corrected chi connectivity index (χ3v) is 5.78. The number of aromatic nitrogens is 3. The van der Waals surface area contributed by atoms with Crippen LogP contribution in [0.15, 0.2) is 47.1 Å². The fourth-order valence-electron chi connectivity index (χ4n) is 3.83. The summed E-state index contributed by atoms with van der Waals surface area (Å²) < 4.78 is 19.1. The first-order valence-electron chi connectivity index (χ1n) is 11.3. The van der Waals surface area contributed by atoms with Crippen LogP contribution in [0, 0.1) is 5.82 Å². The van der Waals surface area contributed by atoms with Crippen LogP contribution in [0.3, 0.4) is 0 Å². The van der Waals surface area contributed by atoms with Crippen molar-refractivity contribution in [2.75, 3.05) is 51.2 Å². The Morgan fingerprint density at radius 2 is 1.82 bits per heavy atom. The number of carbonyl (C=O) groups is 1. The standard InChI is InChI=1S/C24H29FN6O2/c1-3-5-20-21(33-22(28-20)18-6-8-19(25)9-7-18)23(32)29(2)12-13-30-14-16-31(17-15-30)24-26-10-4-11-27-24/h4,6-11H,3,5,12-17H2,1-2H3. The van der Waals surface area contributed by atoms with E-state index in [1.54, 1.807) is 36.5 Å². The molecular weight excluding hydrogens is 423 g/mol. The van der Waals surface area contributed by atoms with Crippen molar-refractivity contribution in [2.45, 2.75) is 19.8 Å². The van der Waals surface area contributed by atoms with Crippen LogP contribution in [-0.2, 0) is 6.42 Å². The zero-order valence-corrected chi connectivity index (χ0v) is 19.1. The second-order valence-electron chi connectivity index (χ2n) is 8.16. The van der Waals surface area contributed by atoms with Gasteiger partial charge in [0.25, 0.3) is 5.91 Å². The van der Waals surface area contributed by atoms with E-state index >= 15 is 0 Å². The summed E-state index contributed by atoms with van der Waals surface area (Å²) in [6.07, 6.45) is 5.00. The fraction of sp³-hybridized carbons (Fsp3) is 0.417. The zero-order valence-electron chi connectivity index (χ0n) is 19.1. The lowest BCUT2D eigenvalue weighted by Gasteiger charge is -2.35. The number of nitrogens with zero attached hydrogens (tertiary/aromatic N) is 6. The summed E-state index contributed by atoms with van der Waals surface area (Å²) in [6, 6.07) is 7.74. The first-order valence-corrected chi connectivity index (χ1v) is 11.3. The quantitative estimate of drug-likeness (QED) is 0.520. The van der Waals surface area contributed by atoms with Crippen LogP contribution in [0.4, 0.5) is 10.3 Å². The average Bonchev–Trinajstić information content (AvgIpc) is 3.27. The molecule has 2 aromatic heterocycles. The van der Waals surface area contributed by atoms with Gasteiger partial charge in [0.2, 0.25) is 17.6 Å². The highest BCUT2D eigenvalue weighted by Gasteiger charge is 2.25. The molecule has 9 heteroatoms. The van der Waals surface area contributed by atoms with Gasteiger partial charge in [0, 0.05) is 64.3 Å². The molecule has 1 aliphatic rings. The van der Waals surface area contributed by atoms with E-state index in [9.17, 15) is 9.18 Å². The Hall–Kier alpha value is -3.33. The van der Waals surface area contributed by atoms with Gasteiger partial charge in [-0.25, -0.2) is 19.3 Å². The van der Waals surface area contributed by atoms with E-state index in [0.29, 0.717) is 30.1 Å². The van der Waals surface area contributed by atoms with Gasteiger partial charge in [-0.2, -0.15) is 0 Å². The van der Waals surface area contributed by atoms with Crippen molar-refractivity contribution in [1.82, 2.24) is 24.8 Å². The first-order chi connectivity index (χ1) is 16.0. The normalized spacial score (nSPS) is 14.5. The molecule has 1 saturated heterocycles. The summed E-state index contributed by atoms with van der Waals surface area (Å²) in [6.45, 7) is 6.87. The Kier molecular flexibility index (Phi) is 7.29. The first kappa shape index (κ1) is 22.8. The molecular formula is C24H29FN6O2. The number of likely N-dealkylation sites (N-methyl/N-ethyl adjacent to an activating group) is 1. The molecule has 3 heterocycles. The van der Waals surface area contributed by atoms with Gasteiger partial charge >= 0.3 is 0 Å². The molecule has 1 aromatic carbocycles. The fourth-order valence-corrected chi connectivity index (χ4v) is 3.83. The molecule has 1 amide bonds. The van der Waals surface area contributed by atoms with Crippen molar-refractivity contribution >= 4 is 11.9 Å². The van der Waals surface area contributed by atoms with Gasteiger partial charge in [-0.15, -0.1) is 0 Å². The maximum atomic E-state index is 13.3. The van der Waals surface area contributed by atoms with Crippen LogP contribution in [0.5, 0.6) is 0 Å². The van der Waals surface area contributed by atoms with Crippen LogP contribution in [-0.4, -0.2) is 77.0 Å². The van der Waals surface area contributed by atoms with Crippen LogP contribution < -0.4 is 4.90 Å². The van der Waals surface area contributed by atoms with Gasteiger partial charge < -0.3 is 14.2 Å². The van der Waals surface area contributed by atoms with Crippen molar-refractivity contribution in [3.8, 4) is 11.5 Å². The summed E-state index contributed by atoms with van der Waals surface area (Å²) >= 11 is 0. The Morgan fingerprint density at radius 3 is 2.48 bits per heavy atom. The molecule has 4 rings (SSSR count). The average molecular weight is 453 g/mol. The molecule has 33 heavy (non-hydrogen) atoms. The number of amides is 1. The highest BCUT2D eigenvalue weighted by atomic mass is 19.1. The summed E-state index contributed by atoms with van der Waals surface area (Å²) in [5.74, 6) is 0.859. The molecule has 174 valence electrons. The van der Waals surface area contributed by atoms with E-state index in [-0.39, 0.29) is 17.5 Å². The second kappa shape index (κ2) is 10.5. The summed E-state index contributed by atoms with van der Waals surface area (Å²) in [5, 5.41) is 0. The molecule has 0 unspecified atom stereocenters. The van der Waals surface area contributed by atoms with Crippen molar-refractivity contribution < 1.29 is 13.6 Å². The largest absolute Gasteiger partial charge is 0.431 e. The maximum absolute atomic E-state index is 13.3. The minimum Gasteiger partial charge on any atom is -0.431 e. The van der Waals surface area contributed by atoms with Crippen LogP contribution >= 0.6 is 0 Å². The number of benzene rings is 1. The second-order valence-corrected chi connectivity index (χ2v) is 8.16. The minimum atomic E-state index is -0.327. The molecule has 0 bridgehead atoms. The van der Waals surface area contributed by atoms with Gasteiger partial charge in [0.15, 0.2) is 0 Å². The van der Waals surface area contributed by atoms with Crippen molar-refractivity contribution in [1.29, 1.82) is 0 Å². The third-order valence-electron chi connectivity index (χ3n) is 5.78. The molecule has 0 spiro atoms. The lowest BCUT2D eigenvalue weighted by atomic mass is 10.2. The molecule has 0 aliphatic carbocycles. The Morgan fingerprint density at radius 1 is 1.12 bits per heavy atom. The van der Waals surface area contributed by atoms with E-state index in [1.807, 2.05) is 13.0 Å². The van der Waals surface area contributed by atoms with Gasteiger partial charge in [-0.3, -0.25) is 9.69 Å². The molecule has 0 N–H and O–H groups in total. The Balaban J connectivity index is 1.35. The highest BCUT2D eigenvalue weighted by Crippen LogP contribution is 2.24. The van der Waals surface area contributed by atoms with Crippen molar-refractivity contribution in [2.24, 2.45) is 0 Å². The number of piperazine rings is 1. The molecule has 0 atom stereocenters. The molecule has 3 aromatic rings. The van der Waals surface area contributed by atoms with Gasteiger partial charge in [0.1, 0.15) is 5.82 Å². The number of aryl methyl sites for hydroxylation is 1. The molecule has 1 aliphatic heterocycles. The number of rotatable bonds is 8. The number of oxazole rings is 1. The van der Waals surface area contributed by atoms with Crippen molar-refractivity contribution in [3.05, 3.63) is 60.0 Å². The Labute approximate surface area is 193 Å². The van der Waals surface area contributed by atoms with Gasteiger partial charge in [0.05, 0.1) is 5.69 Å². The van der Waals surface area contributed by atoms with E-state index in [0.717, 1.165) is 45.1 Å². The lowest BCUT2D eigenvalue weighted by molar-refractivity contribution is 0.0744. The Bertz CT molecular complexity index is 1050. The number of hydrogen-bond donors (Lipinski definition) is 0. The summed E-state index contributed by atoms with van der Waals surface area (Å²) in [4.78, 5) is 32.5. The predicted molar refractivity (Wildman–Crippen MR) is 124 cm³/mol. The van der Waals surface area contributed by atoms with Gasteiger partial charge in [-0.1, -0.05) is 13.3 Å². The minimum absolute atomic E-state index is 0.185. The van der Waals surface area contributed by atoms with Crippen molar-refractivity contribution in [3.63, 3.8) is 0 Å². The number of hydrogen-bond acceptors (Lipinski definition) is 7. The molecule has 0 radical (unpaired) electrons. The number of carbonyl (C=O) groups excluding carboxylic acids is 1. The topological polar surface area (TPSA) is 78.6 Å². The number of halogens is 1.